The van der Waals surface area contributed by atoms with Crippen LogP contribution in [0.25, 0.3) is 0 Å². The van der Waals surface area contributed by atoms with Crippen molar-refractivity contribution in [3.05, 3.63) is 17.5 Å². The third kappa shape index (κ3) is 1.76. The van der Waals surface area contributed by atoms with Crippen molar-refractivity contribution < 1.29 is 0 Å². The summed E-state index contributed by atoms with van der Waals surface area (Å²) in [4.78, 5) is 14.4. The van der Waals surface area contributed by atoms with Gasteiger partial charge in [0.25, 0.3) is 0 Å². The number of likely N-dealkylation sites (N-methyl/N-ethyl adjacent to an activating group) is 1. The second kappa shape index (κ2) is 4.67. The van der Waals surface area contributed by atoms with Crippen LogP contribution in [0, 0.1) is 0 Å². The molecule has 0 spiro atoms. The summed E-state index contributed by atoms with van der Waals surface area (Å²) in [5.74, 6) is 0.903. The van der Waals surface area contributed by atoms with Crippen molar-refractivity contribution in [2.75, 3.05) is 25.0 Å². The third-order valence-corrected chi connectivity index (χ3v) is 5.42. The molecule has 0 aliphatic carbocycles. The quantitative estimate of drug-likeness (QED) is 0.874. The third-order valence-electron chi connectivity index (χ3n) is 5.42. The van der Waals surface area contributed by atoms with Gasteiger partial charge in [0.1, 0.15) is 0 Å². The predicted molar refractivity (Wildman–Crippen MR) is 78.7 cm³/mol. The number of rotatable bonds is 2. The van der Waals surface area contributed by atoms with Crippen molar-refractivity contribution in [1.29, 1.82) is 0 Å². The molecule has 2 N–H and O–H groups in total. The van der Waals surface area contributed by atoms with Gasteiger partial charge in [-0.3, -0.25) is 4.90 Å². The maximum atomic E-state index is 5.87. The fourth-order valence-corrected chi connectivity index (χ4v) is 4.20. The summed E-state index contributed by atoms with van der Waals surface area (Å²) in [6.45, 7) is 1.75. The van der Waals surface area contributed by atoms with Gasteiger partial charge in [0.05, 0.1) is 5.69 Å². The monoisotopic (exact) mass is 273 g/mol. The Balaban J connectivity index is 1.67. The number of hydrogen-bond acceptors (Lipinski definition) is 5. The molecule has 2 fully saturated rings. The molecule has 2 saturated heterocycles. The van der Waals surface area contributed by atoms with Crippen LogP contribution in [0.3, 0.4) is 0 Å². The lowest BCUT2D eigenvalue weighted by Gasteiger charge is -2.33. The zero-order valence-corrected chi connectivity index (χ0v) is 12.1. The molecular weight excluding hydrogens is 250 g/mol. The van der Waals surface area contributed by atoms with Crippen LogP contribution in [-0.2, 0) is 6.42 Å². The molecule has 5 heteroatoms. The number of fused-ring (bicyclic) bond motifs is 4. The maximum Gasteiger partial charge on any atom is 0.225 e. The van der Waals surface area contributed by atoms with Gasteiger partial charge in [-0.1, -0.05) is 0 Å². The average Bonchev–Trinajstić information content (AvgIpc) is 3.02. The van der Waals surface area contributed by atoms with E-state index in [4.69, 9.17) is 10.7 Å². The minimum atomic E-state index is 0.427. The van der Waals surface area contributed by atoms with E-state index in [9.17, 15) is 0 Å². The largest absolute Gasteiger partial charge is 0.337 e. The molecule has 108 valence electrons. The summed E-state index contributed by atoms with van der Waals surface area (Å²) in [5.41, 5.74) is 8.50. The molecule has 0 saturated carbocycles. The van der Waals surface area contributed by atoms with Crippen LogP contribution < -0.4 is 10.6 Å². The van der Waals surface area contributed by atoms with E-state index in [2.05, 4.69) is 28.0 Å². The molecule has 3 aliphatic rings. The molecule has 3 aliphatic heterocycles. The highest BCUT2D eigenvalue weighted by molar-refractivity contribution is 5.39. The molecule has 4 heterocycles. The van der Waals surface area contributed by atoms with Crippen molar-refractivity contribution in [3.63, 3.8) is 0 Å². The number of nitrogens with zero attached hydrogens (tertiary/aromatic N) is 4. The Morgan fingerprint density at radius 3 is 3.10 bits per heavy atom. The summed E-state index contributed by atoms with van der Waals surface area (Å²) < 4.78 is 0. The number of anilines is 1. The number of hydrogen-bond donors (Lipinski definition) is 1. The van der Waals surface area contributed by atoms with Gasteiger partial charge in [0, 0.05) is 49.4 Å². The molecule has 2 bridgehead atoms. The van der Waals surface area contributed by atoms with E-state index in [1.165, 1.54) is 36.9 Å². The summed E-state index contributed by atoms with van der Waals surface area (Å²) in [6.07, 6.45) is 8.08. The first-order valence-electron chi connectivity index (χ1n) is 7.82. The lowest BCUT2D eigenvalue weighted by Crippen LogP contribution is -2.38. The average molecular weight is 273 g/mol. The van der Waals surface area contributed by atoms with Gasteiger partial charge >= 0.3 is 0 Å². The van der Waals surface area contributed by atoms with Crippen LogP contribution >= 0.6 is 0 Å². The van der Waals surface area contributed by atoms with Crippen LogP contribution in [0.1, 0.15) is 43.0 Å². The molecule has 0 aromatic carbocycles. The Bertz CT molecular complexity index is 517. The first-order valence-corrected chi connectivity index (χ1v) is 7.82. The van der Waals surface area contributed by atoms with Crippen LogP contribution in [0.15, 0.2) is 6.20 Å². The van der Waals surface area contributed by atoms with Gasteiger partial charge in [-0.05, 0) is 32.7 Å². The predicted octanol–water partition coefficient (Wildman–Crippen LogP) is 1.10. The van der Waals surface area contributed by atoms with Crippen LogP contribution in [-0.4, -0.2) is 47.1 Å². The first kappa shape index (κ1) is 12.5. The fourth-order valence-electron chi connectivity index (χ4n) is 4.20. The van der Waals surface area contributed by atoms with Crippen molar-refractivity contribution in [3.8, 4) is 0 Å². The van der Waals surface area contributed by atoms with E-state index < -0.39 is 0 Å². The molecular formula is C15H23N5. The Hall–Kier alpha value is -1.20. The van der Waals surface area contributed by atoms with E-state index in [1.807, 2.05) is 0 Å². The zero-order chi connectivity index (χ0) is 13.7. The molecule has 0 amide bonds. The molecule has 0 radical (unpaired) electrons. The van der Waals surface area contributed by atoms with Gasteiger partial charge in [-0.25, -0.2) is 9.97 Å². The van der Waals surface area contributed by atoms with Gasteiger partial charge in [0.2, 0.25) is 5.95 Å². The lowest BCUT2D eigenvalue weighted by molar-refractivity contribution is 0.221. The highest BCUT2D eigenvalue weighted by Crippen LogP contribution is 2.42. The van der Waals surface area contributed by atoms with Crippen molar-refractivity contribution in [2.24, 2.45) is 5.73 Å². The van der Waals surface area contributed by atoms with E-state index in [1.54, 1.807) is 0 Å². The fraction of sp³-hybridized carbons (Fsp3) is 0.733. The SMILES string of the molecule is CN1C2CCC1c1cnc(N3CCCC3CN)nc1C2. The Kier molecular flexibility index (Phi) is 2.93. The molecule has 4 rings (SSSR count). The van der Waals surface area contributed by atoms with E-state index in [-0.39, 0.29) is 0 Å². The highest BCUT2D eigenvalue weighted by Gasteiger charge is 2.39. The highest BCUT2D eigenvalue weighted by atomic mass is 15.3. The Labute approximate surface area is 120 Å². The lowest BCUT2D eigenvalue weighted by atomic mass is 10.0. The van der Waals surface area contributed by atoms with Gasteiger partial charge in [-0.15, -0.1) is 0 Å². The molecule has 3 atom stereocenters. The van der Waals surface area contributed by atoms with Crippen molar-refractivity contribution in [2.45, 2.75) is 50.2 Å². The standard InChI is InChI=1S/C15H23N5/c1-19-10-4-5-14(19)12-9-17-15(18-13(12)7-10)20-6-2-3-11(20)8-16/h9-11,14H,2-8,16H2,1H3. The van der Waals surface area contributed by atoms with E-state index in [0.29, 0.717) is 24.7 Å². The van der Waals surface area contributed by atoms with Crippen LogP contribution in [0.2, 0.25) is 0 Å². The van der Waals surface area contributed by atoms with Gasteiger partial charge in [0.15, 0.2) is 0 Å². The number of aromatic nitrogens is 2. The van der Waals surface area contributed by atoms with Gasteiger partial charge < -0.3 is 10.6 Å². The minimum Gasteiger partial charge on any atom is -0.337 e. The van der Waals surface area contributed by atoms with Crippen LogP contribution in [0.5, 0.6) is 0 Å². The molecule has 5 nitrogen and oxygen atoms in total. The second-order valence-corrected chi connectivity index (χ2v) is 6.41. The molecule has 1 aromatic rings. The summed E-state index contributed by atoms with van der Waals surface area (Å²) in [7, 11) is 2.24. The van der Waals surface area contributed by atoms with E-state index in [0.717, 1.165) is 18.9 Å². The summed E-state index contributed by atoms with van der Waals surface area (Å²) in [5, 5.41) is 0. The topological polar surface area (TPSA) is 58.3 Å². The minimum absolute atomic E-state index is 0.427. The smallest absolute Gasteiger partial charge is 0.225 e. The first-order chi connectivity index (χ1) is 9.78. The summed E-state index contributed by atoms with van der Waals surface area (Å²) >= 11 is 0. The van der Waals surface area contributed by atoms with Crippen LogP contribution in [0.4, 0.5) is 5.95 Å². The van der Waals surface area contributed by atoms with E-state index >= 15 is 0 Å². The number of nitrogens with two attached hydrogens (primary N) is 1. The van der Waals surface area contributed by atoms with Crippen molar-refractivity contribution >= 4 is 5.95 Å². The Morgan fingerprint density at radius 2 is 2.25 bits per heavy atom. The summed E-state index contributed by atoms with van der Waals surface area (Å²) in [6, 6.07) is 1.65. The molecule has 20 heavy (non-hydrogen) atoms. The molecule has 3 unspecified atom stereocenters. The molecule has 1 aromatic heterocycles. The maximum absolute atomic E-state index is 5.87. The zero-order valence-electron chi connectivity index (χ0n) is 12.1. The van der Waals surface area contributed by atoms with Crippen molar-refractivity contribution in [1.82, 2.24) is 14.9 Å². The van der Waals surface area contributed by atoms with Gasteiger partial charge in [-0.2, -0.15) is 0 Å². The Morgan fingerprint density at radius 1 is 1.35 bits per heavy atom. The second-order valence-electron chi connectivity index (χ2n) is 6.41. The normalized spacial score (nSPS) is 32.7.